The molecule has 168 valence electrons. The maximum absolute atomic E-state index is 11.9. The number of hydrogen-bond acceptors (Lipinski definition) is 4. The van der Waals surface area contributed by atoms with Crippen molar-refractivity contribution in [3.05, 3.63) is 35.4 Å². The Morgan fingerprint density at radius 1 is 1.27 bits per heavy atom. The zero-order valence-corrected chi connectivity index (χ0v) is 20.7. The number of ether oxygens (including phenoxy) is 1. The number of carbonyl (C=O) groups excluding carboxylic acids is 1. The number of halogens is 1. The van der Waals surface area contributed by atoms with E-state index in [2.05, 4.69) is 51.7 Å². The fourth-order valence-electron chi connectivity index (χ4n) is 4.03. The summed E-state index contributed by atoms with van der Waals surface area (Å²) in [6.45, 7) is 10.1. The summed E-state index contributed by atoms with van der Waals surface area (Å²) in [5, 5.41) is 6.86. The van der Waals surface area contributed by atoms with Crippen LogP contribution < -0.4 is 10.6 Å². The molecule has 8 heteroatoms. The van der Waals surface area contributed by atoms with Gasteiger partial charge in [-0.1, -0.05) is 31.2 Å². The molecule has 0 bridgehead atoms. The van der Waals surface area contributed by atoms with E-state index in [-0.39, 0.29) is 35.9 Å². The smallest absolute Gasteiger partial charge is 0.222 e. The molecule has 3 rings (SSSR count). The molecule has 7 nitrogen and oxygen atoms in total. The number of morpholine rings is 1. The SMILES string of the molecule is CCC(=O)N1CCC(NC(=NC)NCc2cccc(CN3CCOC(C)C3)c2)C1.I. The molecule has 2 unspecified atom stereocenters. The Labute approximate surface area is 197 Å². The average molecular weight is 529 g/mol. The highest BCUT2D eigenvalue weighted by Gasteiger charge is 2.25. The van der Waals surface area contributed by atoms with Crippen LogP contribution in [0.1, 0.15) is 37.8 Å². The van der Waals surface area contributed by atoms with Crippen LogP contribution in [0.5, 0.6) is 0 Å². The van der Waals surface area contributed by atoms with Crippen LogP contribution in [0.4, 0.5) is 0 Å². The van der Waals surface area contributed by atoms with Crippen LogP contribution in [0.3, 0.4) is 0 Å². The second kappa shape index (κ2) is 12.5. The lowest BCUT2D eigenvalue weighted by Crippen LogP contribution is -2.44. The summed E-state index contributed by atoms with van der Waals surface area (Å²) in [7, 11) is 1.79. The first-order chi connectivity index (χ1) is 14.1. The third-order valence-corrected chi connectivity index (χ3v) is 5.59. The molecule has 0 spiro atoms. The molecule has 0 saturated carbocycles. The summed E-state index contributed by atoms with van der Waals surface area (Å²) in [6.07, 6.45) is 1.83. The number of rotatable bonds is 6. The number of benzene rings is 1. The fraction of sp³-hybridized carbons (Fsp3) is 0.636. The van der Waals surface area contributed by atoms with Gasteiger partial charge in [0, 0.05) is 58.8 Å². The topological polar surface area (TPSA) is 69.2 Å². The first-order valence-electron chi connectivity index (χ1n) is 10.7. The highest BCUT2D eigenvalue weighted by Crippen LogP contribution is 2.13. The maximum atomic E-state index is 11.9. The molecule has 1 aromatic carbocycles. The van der Waals surface area contributed by atoms with Crippen molar-refractivity contribution < 1.29 is 9.53 Å². The highest BCUT2D eigenvalue weighted by atomic mass is 127. The predicted octanol–water partition coefficient (Wildman–Crippen LogP) is 2.20. The Balaban J connectivity index is 0.00000320. The van der Waals surface area contributed by atoms with Crippen molar-refractivity contribution >= 4 is 35.8 Å². The molecule has 0 aromatic heterocycles. The largest absolute Gasteiger partial charge is 0.376 e. The Kier molecular flexibility index (Phi) is 10.3. The Hall–Kier alpha value is -1.39. The Morgan fingerprint density at radius 2 is 2.07 bits per heavy atom. The minimum atomic E-state index is 0. The number of hydrogen-bond donors (Lipinski definition) is 2. The highest BCUT2D eigenvalue weighted by molar-refractivity contribution is 14.0. The van der Waals surface area contributed by atoms with E-state index in [9.17, 15) is 4.79 Å². The van der Waals surface area contributed by atoms with Gasteiger partial charge in [-0.05, 0) is 24.5 Å². The molecule has 2 aliphatic heterocycles. The van der Waals surface area contributed by atoms with Gasteiger partial charge in [-0.3, -0.25) is 14.7 Å². The van der Waals surface area contributed by atoms with Crippen molar-refractivity contribution in [3.8, 4) is 0 Å². The van der Waals surface area contributed by atoms with Crippen molar-refractivity contribution in [3.63, 3.8) is 0 Å². The molecule has 0 radical (unpaired) electrons. The number of nitrogens with zero attached hydrogens (tertiary/aromatic N) is 3. The van der Waals surface area contributed by atoms with Gasteiger partial charge < -0.3 is 20.3 Å². The zero-order valence-electron chi connectivity index (χ0n) is 18.4. The van der Waals surface area contributed by atoms with Crippen LogP contribution in [0, 0.1) is 0 Å². The van der Waals surface area contributed by atoms with Crippen LogP contribution in [0.15, 0.2) is 29.3 Å². The first-order valence-corrected chi connectivity index (χ1v) is 10.7. The second-order valence-corrected chi connectivity index (χ2v) is 7.99. The number of nitrogens with one attached hydrogen (secondary N) is 2. The van der Waals surface area contributed by atoms with Crippen molar-refractivity contribution in [2.45, 2.75) is 51.9 Å². The van der Waals surface area contributed by atoms with Gasteiger partial charge in [0.25, 0.3) is 0 Å². The molecule has 2 aliphatic rings. The molecule has 2 heterocycles. The predicted molar refractivity (Wildman–Crippen MR) is 131 cm³/mol. The Bertz CT molecular complexity index is 715. The van der Waals surface area contributed by atoms with Gasteiger partial charge in [0.2, 0.25) is 5.91 Å². The van der Waals surface area contributed by atoms with Gasteiger partial charge in [0.1, 0.15) is 0 Å². The standard InChI is InChI=1S/C22H35N5O2.HI/c1-4-21(28)27-9-8-20(16-27)25-22(23-3)24-13-18-6-5-7-19(12-18)15-26-10-11-29-17(2)14-26;/h5-7,12,17,20H,4,8-11,13-16H2,1-3H3,(H2,23,24,25);1H. The van der Waals surface area contributed by atoms with E-state index in [1.807, 2.05) is 11.8 Å². The first kappa shape index (κ1) is 24.9. The van der Waals surface area contributed by atoms with Gasteiger partial charge >= 0.3 is 0 Å². The lowest BCUT2D eigenvalue weighted by molar-refractivity contribution is -0.129. The molecular formula is C22H36IN5O2. The molecule has 1 aromatic rings. The lowest BCUT2D eigenvalue weighted by atomic mass is 10.1. The number of carbonyl (C=O) groups is 1. The lowest BCUT2D eigenvalue weighted by Gasteiger charge is -2.31. The third kappa shape index (κ3) is 7.39. The third-order valence-electron chi connectivity index (χ3n) is 5.59. The normalized spacial score (nSPS) is 22.5. The van der Waals surface area contributed by atoms with Gasteiger partial charge in [-0.25, -0.2) is 0 Å². The minimum Gasteiger partial charge on any atom is -0.376 e. The number of aliphatic imine (C=N–C) groups is 1. The summed E-state index contributed by atoms with van der Waals surface area (Å²) in [5.41, 5.74) is 2.56. The van der Waals surface area contributed by atoms with E-state index in [1.54, 1.807) is 7.05 Å². The molecule has 30 heavy (non-hydrogen) atoms. The molecule has 2 fully saturated rings. The van der Waals surface area contributed by atoms with Gasteiger partial charge in [0.15, 0.2) is 5.96 Å². The van der Waals surface area contributed by atoms with E-state index >= 15 is 0 Å². The molecule has 2 saturated heterocycles. The summed E-state index contributed by atoms with van der Waals surface area (Å²) in [4.78, 5) is 20.6. The zero-order chi connectivity index (χ0) is 20.6. The molecule has 2 N–H and O–H groups in total. The Morgan fingerprint density at radius 3 is 2.80 bits per heavy atom. The van der Waals surface area contributed by atoms with Crippen LogP contribution >= 0.6 is 24.0 Å². The summed E-state index contributed by atoms with van der Waals surface area (Å²) >= 11 is 0. The van der Waals surface area contributed by atoms with E-state index < -0.39 is 0 Å². The van der Waals surface area contributed by atoms with E-state index in [4.69, 9.17) is 4.74 Å². The molecule has 0 aliphatic carbocycles. The van der Waals surface area contributed by atoms with Gasteiger partial charge in [-0.2, -0.15) is 0 Å². The summed E-state index contributed by atoms with van der Waals surface area (Å²) in [6, 6.07) is 8.97. The van der Waals surface area contributed by atoms with Crippen LogP contribution in [0.2, 0.25) is 0 Å². The fourth-order valence-corrected chi connectivity index (χ4v) is 4.03. The maximum Gasteiger partial charge on any atom is 0.222 e. The van der Waals surface area contributed by atoms with Crippen molar-refractivity contribution in [2.24, 2.45) is 4.99 Å². The molecular weight excluding hydrogens is 493 g/mol. The van der Waals surface area contributed by atoms with Crippen LogP contribution in [0.25, 0.3) is 0 Å². The number of amides is 1. The van der Waals surface area contributed by atoms with Gasteiger partial charge in [-0.15, -0.1) is 24.0 Å². The summed E-state index contributed by atoms with van der Waals surface area (Å²) < 4.78 is 5.63. The van der Waals surface area contributed by atoms with E-state index in [1.165, 1.54) is 11.1 Å². The van der Waals surface area contributed by atoms with Crippen molar-refractivity contribution in [1.29, 1.82) is 0 Å². The van der Waals surface area contributed by atoms with Crippen molar-refractivity contribution in [1.82, 2.24) is 20.4 Å². The monoisotopic (exact) mass is 529 g/mol. The van der Waals surface area contributed by atoms with Crippen molar-refractivity contribution in [2.75, 3.05) is 39.8 Å². The van der Waals surface area contributed by atoms with Gasteiger partial charge in [0.05, 0.1) is 12.7 Å². The average Bonchev–Trinajstić information content (AvgIpc) is 3.19. The van der Waals surface area contributed by atoms with E-state index in [0.29, 0.717) is 12.5 Å². The quantitative estimate of drug-likeness (QED) is 0.336. The number of guanidine groups is 1. The van der Waals surface area contributed by atoms with Crippen LogP contribution in [-0.2, 0) is 22.6 Å². The molecule has 1 amide bonds. The minimum absolute atomic E-state index is 0. The molecule has 2 atom stereocenters. The second-order valence-electron chi connectivity index (χ2n) is 7.99. The van der Waals surface area contributed by atoms with Crippen LogP contribution in [-0.4, -0.2) is 73.6 Å². The van der Waals surface area contributed by atoms with E-state index in [0.717, 1.165) is 58.3 Å². The number of likely N-dealkylation sites (tertiary alicyclic amines) is 1. The summed E-state index contributed by atoms with van der Waals surface area (Å²) in [5.74, 6) is 1.01.